The van der Waals surface area contributed by atoms with Crippen LogP contribution in [0.4, 0.5) is 0 Å². The number of aryl methyl sites for hydroxylation is 1. The van der Waals surface area contributed by atoms with Gasteiger partial charge in [0.05, 0.1) is 0 Å². The molecule has 1 aliphatic heterocycles. The summed E-state index contributed by atoms with van der Waals surface area (Å²) in [5.41, 5.74) is 4.71. The van der Waals surface area contributed by atoms with Crippen molar-refractivity contribution in [3.63, 3.8) is 0 Å². The van der Waals surface area contributed by atoms with Gasteiger partial charge in [0.2, 0.25) is 0 Å². The fourth-order valence-corrected chi connectivity index (χ4v) is 3.76. The molecule has 144 valence electrons. The van der Waals surface area contributed by atoms with Crippen LogP contribution in [0.15, 0.2) is 60.8 Å². The third-order valence-electron chi connectivity index (χ3n) is 5.32. The molecule has 1 saturated heterocycles. The number of piperidine rings is 1. The summed E-state index contributed by atoms with van der Waals surface area (Å²) in [5.74, 6) is 0.557. The summed E-state index contributed by atoms with van der Waals surface area (Å²) in [5, 5.41) is 11.1. The van der Waals surface area contributed by atoms with Crippen LogP contribution in [-0.4, -0.2) is 35.3 Å². The number of amides is 1. The van der Waals surface area contributed by atoms with E-state index in [4.69, 9.17) is 0 Å². The van der Waals surface area contributed by atoms with Gasteiger partial charge >= 0.3 is 0 Å². The van der Waals surface area contributed by atoms with Crippen molar-refractivity contribution in [2.24, 2.45) is 13.0 Å². The number of nitrogens with zero attached hydrogens (tertiary/aromatic N) is 2. The van der Waals surface area contributed by atoms with Crippen molar-refractivity contribution in [1.82, 2.24) is 20.4 Å². The Labute approximate surface area is 165 Å². The highest BCUT2D eigenvalue weighted by molar-refractivity contribution is 5.96. The number of benzene rings is 2. The van der Waals surface area contributed by atoms with Gasteiger partial charge in [0.1, 0.15) is 5.69 Å². The summed E-state index contributed by atoms with van der Waals surface area (Å²) in [4.78, 5) is 12.7. The molecule has 5 heteroatoms. The van der Waals surface area contributed by atoms with Crippen molar-refractivity contribution in [3.8, 4) is 22.4 Å². The second-order valence-corrected chi connectivity index (χ2v) is 7.42. The van der Waals surface area contributed by atoms with Crippen molar-refractivity contribution in [1.29, 1.82) is 0 Å². The SMILES string of the molecule is Cn1cc(-c2cccc(C(=O)NCC3CCNCC3)c2)c(-c2ccccc2)n1. The number of carbonyl (C=O) groups excluding carboxylic acids is 1. The van der Waals surface area contributed by atoms with Gasteiger partial charge in [-0.15, -0.1) is 0 Å². The third kappa shape index (κ3) is 4.15. The zero-order chi connectivity index (χ0) is 19.3. The lowest BCUT2D eigenvalue weighted by molar-refractivity contribution is 0.0944. The van der Waals surface area contributed by atoms with E-state index >= 15 is 0 Å². The Morgan fingerprint density at radius 2 is 1.86 bits per heavy atom. The molecule has 0 unspecified atom stereocenters. The maximum atomic E-state index is 12.7. The van der Waals surface area contributed by atoms with Crippen molar-refractivity contribution in [2.45, 2.75) is 12.8 Å². The smallest absolute Gasteiger partial charge is 0.251 e. The summed E-state index contributed by atoms with van der Waals surface area (Å²) < 4.78 is 1.82. The number of hydrogen-bond acceptors (Lipinski definition) is 3. The molecule has 1 aliphatic rings. The molecule has 0 bridgehead atoms. The van der Waals surface area contributed by atoms with Gasteiger partial charge in [-0.2, -0.15) is 5.10 Å². The summed E-state index contributed by atoms with van der Waals surface area (Å²) in [6.07, 6.45) is 4.25. The topological polar surface area (TPSA) is 59.0 Å². The van der Waals surface area contributed by atoms with E-state index in [1.54, 1.807) is 0 Å². The van der Waals surface area contributed by atoms with Crippen LogP contribution in [0.2, 0.25) is 0 Å². The molecule has 2 N–H and O–H groups in total. The zero-order valence-corrected chi connectivity index (χ0v) is 16.2. The largest absolute Gasteiger partial charge is 0.352 e. The van der Waals surface area contributed by atoms with Crippen LogP contribution in [0.25, 0.3) is 22.4 Å². The molecule has 2 aromatic carbocycles. The van der Waals surface area contributed by atoms with Gasteiger partial charge in [-0.3, -0.25) is 9.48 Å². The van der Waals surface area contributed by atoms with Gasteiger partial charge in [0, 0.05) is 36.5 Å². The van der Waals surface area contributed by atoms with Gasteiger partial charge in [0.25, 0.3) is 5.91 Å². The Balaban J connectivity index is 1.55. The maximum Gasteiger partial charge on any atom is 0.251 e. The Kier molecular flexibility index (Phi) is 5.53. The van der Waals surface area contributed by atoms with Crippen molar-refractivity contribution < 1.29 is 4.79 Å². The molecular weight excluding hydrogens is 348 g/mol. The predicted molar refractivity (Wildman–Crippen MR) is 112 cm³/mol. The van der Waals surface area contributed by atoms with E-state index in [0.29, 0.717) is 11.5 Å². The van der Waals surface area contributed by atoms with E-state index in [1.807, 2.05) is 60.4 Å². The maximum absolute atomic E-state index is 12.7. The minimum atomic E-state index is -0.00876. The fraction of sp³-hybridized carbons (Fsp3) is 0.304. The number of carbonyl (C=O) groups is 1. The summed E-state index contributed by atoms with van der Waals surface area (Å²) >= 11 is 0. The van der Waals surface area contributed by atoms with Gasteiger partial charge in [-0.05, 0) is 49.5 Å². The lowest BCUT2D eigenvalue weighted by Crippen LogP contribution is -2.35. The average Bonchev–Trinajstić information content (AvgIpc) is 3.15. The van der Waals surface area contributed by atoms with Crippen LogP contribution in [0, 0.1) is 5.92 Å². The van der Waals surface area contributed by atoms with Gasteiger partial charge in [-0.25, -0.2) is 0 Å². The van der Waals surface area contributed by atoms with Crippen molar-refractivity contribution >= 4 is 5.91 Å². The van der Waals surface area contributed by atoms with Gasteiger partial charge in [-0.1, -0.05) is 42.5 Å². The fourth-order valence-electron chi connectivity index (χ4n) is 3.76. The molecule has 1 fully saturated rings. The van der Waals surface area contributed by atoms with E-state index in [9.17, 15) is 4.79 Å². The van der Waals surface area contributed by atoms with Crippen molar-refractivity contribution in [2.75, 3.05) is 19.6 Å². The van der Waals surface area contributed by atoms with Gasteiger partial charge in [0.15, 0.2) is 0 Å². The normalized spacial score (nSPS) is 14.8. The molecule has 1 amide bonds. The number of aromatic nitrogens is 2. The molecule has 3 aromatic rings. The molecule has 28 heavy (non-hydrogen) atoms. The highest BCUT2D eigenvalue weighted by atomic mass is 16.1. The summed E-state index contributed by atoms with van der Waals surface area (Å²) in [7, 11) is 1.92. The number of hydrogen-bond donors (Lipinski definition) is 2. The van der Waals surface area contributed by atoms with E-state index in [0.717, 1.165) is 54.9 Å². The summed E-state index contributed by atoms with van der Waals surface area (Å²) in [6.45, 7) is 2.82. The van der Waals surface area contributed by atoms with Crippen LogP contribution >= 0.6 is 0 Å². The lowest BCUT2D eigenvalue weighted by atomic mass is 9.97. The second kappa shape index (κ2) is 8.40. The first-order valence-corrected chi connectivity index (χ1v) is 9.89. The predicted octanol–water partition coefficient (Wildman–Crippen LogP) is 3.48. The minimum absolute atomic E-state index is 0.00876. The van der Waals surface area contributed by atoms with E-state index < -0.39 is 0 Å². The van der Waals surface area contributed by atoms with E-state index in [1.165, 1.54) is 0 Å². The monoisotopic (exact) mass is 374 g/mol. The first kappa shape index (κ1) is 18.4. The van der Waals surface area contributed by atoms with Crippen LogP contribution in [-0.2, 0) is 7.05 Å². The Morgan fingerprint density at radius 1 is 1.11 bits per heavy atom. The Hall–Kier alpha value is -2.92. The zero-order valence-electron chi connectivity index (χ0n) is 16.2. The van der Waals surface area contributed by atoms with Crippen LogP contribution in [0.3, 0.4) is 0 Å². The average molecular weight is 374 g/mol. The molecule has 4 rings (SSSR count). The molecule has 2 heterocycles. The summed E-state index contributed by atoms with van der Waals surface area (Å²) in [6, 6.07) is 17.9. The molecule has 1 aromatic heterocycles. The highest BCUT2D eigenvalue weighted by Gasteiger charge is 2.16. The first-order valence-electron chi connectivity index (χ1n) is 9.89. The number of rotatable bonds is 5. The second-order valence-electron chi connectivity index (χ2n) is 7.42. The third-order valence-corrected chi connectivity index (χ3v) is 5.32. The standard InChI is InChI=1S/C23H26N4O/c1-27-16-21(22(26-27)18-6-3-2-4-7-18)19-8-5-9-20(14-19)23(28)25-15-17-10-12-24-13-11-17/h2-9,14,16-17,24H,10-13,15H2,1H3,(H,25,28). The molecular formula is C23H26N4O. The molecule has 0 atom stereocenters. The molecule has 5 nitrogen and oxygen atoms in total. The number of nitrogens with one attached hydrogen (secondary N) is 2. The Morgan fingerprint density at radius 3 is 2.64 bits per heavy atom. The quantitative estimate of drug-likeness (QED) is 0.719. The molecule has 0 spiro atoms. The highest BCUT2D eigenvalue weighted by Crippen LogP contribution is 2.31. The Bertz CT molecular complexity index is 942. The van der Waals surface area contributed by atoms with Crippen LogP contribution in [0.1, 0.15) is 23.2 Å². The lowest BCUT2D eigenvalue weighted by Gasteiger charge is -2.22. The minimum Gasteiger partial charge on any atom is -0.352 e. The van der Waals surface area contributed by atoms with E-state index in [2.05, 4.69) is 27.9 Å². The van der Waals surface area contributed by atoms with Gasteiger partial charge < -0.3 is 10.6 Å². The van der Waals surface area contributed by atoms with Crippen LogP contribution < -0.4 is 10.6 Å². The molecule has 0 aliphatic carbocycles. The van der Waals surface area contributed by atoms with E-state index in [-0.39, 0.29) is 5.91 Å². The van der Waals surface area contributed by atoms with Crippen LogP contribution in [0.5, 0.6) is 0 Å². The first-order chi connectivity index (χ1) is 13.7. The van der Waals surface area contributed by atoms with Crippen molar-refractivity contribution in [3.05, 3.63) is 66.4 Å². The molecule has 0 saturated carbocycles. The molecule has 0 radical (unpaired) electrons.